The molecule has 9 heteroatoms. The number of fused-ring (bicyclic) bond motifs is 5. The highest BCUT2D eigenvalue weighted by Gasteiger charge is 2.33. The number of aliphatic hydroxyl groups is 1. The van der Waals surface area contributed by atoms with Crippen molar-refractivity contribution in [1.29, 1.82) is 0 Å². The third-order valence-corrected chi connectivity index (χ3v) is 8.46. The Labute approximate surface area is 203 Å². The van der Waals surface area contributed by atoms with Crippen molar-refractivity contribution in [3.8, 4) is 0 Å². The van der Waals surface area contributed by atoms with E-state index in [9.17, 15) is 5.11 Å². The minimum Gasteiger partial charge on any atom is -0.391 e. The number of thiophene rings is 1. The molecule has 0 aliphatic carbocycles. The maximum Gasteiger partial charge on any atom is 0.189 e. The van der Waals surface area contributed by atoms with Crippen LogP contribution < -0.4 is 9.80 Å². The smallest absolute Gasteiger partial charge is 0.189 e. The van der Waals surface area contributed by atoms with Crippen LogP contribution in [-0.4, -0.2) is 71.2 Å². The molecular formula is C24H34N5O2S2+. The van der Waals surface area contributed by atoms with Crippen LogP contribution in [0.15, 0.2) is 5.16 Å². The molecule has 178 valence electrons. The third-order valence-electron chi connectivity index (χ3n) is 6.85. The van der Waals surface area contributed by atoms with Crippen LogP contribution in [0.1, 0.15) is 50.4 Å². The van der Waals surface area contributed by atoms with E-state index >= 15 is 0 Å². The second-order valence-corrected chi connectivity index (χ2v) is 11.8. The Kier molecular flexibility index (Phi) is 6.28. The SMILES string of the molecule is CSc1nc(N2CC[NH+](CCO)CC2)c2sc3nc(C(C)C)c4c(c3c2n1)CC(C)(C)OC4. The summed E-state index contributed by atoms with van der Waals surface area (Å²) in [5.41, 5.74) is 4.61. The number of hydrogen-bond acceptors (Lipinski definition) is 8. The number of rotatable bonds is 5. The van der Waals surface area contributed by atoms with Crippen molar-refractivity contribution in [2.45, 2.75) is 57.4 Å². The number of aliphatic hydroxyl groups excluding tert-OH is 1. The van der Waals surface area contributed by atoms with E-state index in [2.05, 4.69) is 32.6 Å². The van der Waals surface area contributed by atoms with E-state index in [-0.39, 0.29) is 12.2 Å². The molecule has 3 aromatic heterocycles. The Bertz CT molecular complexity index is 1190. The number of nitrogens with zero attached hydrogens (tertiary/aromatic N) is 4. The molecule has 0 unspecified atom stereocenters. The fourth-order valence-electron chi connectivity index (χ4n) is 5.09. The van der Waals surface area contributed by atoms with Gasteiger partial charge in [-0.3, -0.25) is 0 Å². The Morgan fingerprint density at radius 1 is 1.18 bits per heavy atom. The van der Waals surface area contributed by atoms with Crippen LogP contribution in [0.25, 0.3) is 20.4 Å². The zero-order valence-electron chi connectivity index (χ0n) is 20.2. The summed E-state index contributed by atoms with van der Waals surface area (Å²) in [4.78, 5) is 20.1. The van der Waals surface area contributed by atoms with Gasteiger partial charge in [-0.2, -0.15) is 0 Å². The molecule has 0 amide bonds. The molecule has 0 radical (unpaired) electrons. The van der Waals surface area contributed by atoms with Gasteiger partial charge in [0, 0.05) is 17.4 Å². The number of aromatic nitrogens is 3. The number of piperazine rings is 1. The molecule has 2 aliphatic heterocycles. The van der Waals surface area contributed by atoms with Crippen molar-refractivity contribution < 1.29 is 14.7 Å². The lowest BCUT2D eigenvalue weighted by molar-refractivity contribution is -0.900. The summed E-state index contributed by atoms with van der Waals surface area (Å²) in [5.74, 6) is 1.38. The van der Waals surface area contributed by atoms with Crippen molar-refractivity contribution in [2.75, 3.05) is 50.5 Å². The summed E-state index contributed by atoms with van der Waals surface area (Å²) in [6.45, 7) is 14.4. The summed E-state index contributed by atoms with van der Waals surface area (Å²) in [6, 6.07) is 0. The first-order chi connectivity index (χ1) is 15.8. The number of pyridine rings is 1. The lowest BCUT2D eigenvalue weighted by atomic mass is 9.87. The Morgan fingerprint density at radius 3 is 2.61 bits per heavy atom. The lowest BCUT2D eigenvalue weighted by Gasteiger charge is -2.33. The van der Waals surface area contributed by atoms with E-state index in [1.165, 1.54) is 21.4 Å². The summed E-state index contributed by atoms with van der Waals surface area (Å²) >= 11 is 3.34. The quantitative estimate of drug-likeness (QED) is 0.422. The molecule has 2 aliphatic rings. The molecular weight excluding hydrogens is 454 g/mol. The van der Waals surface area contributed by atoms with Gasteiger partial charge in [0.1, 0.15) is 11.4 Å². The van der Waals surface area contributed by atoms with Crippen LogP contribution in [0.3, 0.4) is 0 Å². The maximum atomic E-state index is 9.31. The zero-order chi connectivity index (χ0) is 23.3. The number of thioether (sulfide) groups is 1. The van der Waals surface area contributed by atoms with Gasteiger partial charge in [-0.05, 0) is 31.6 Å². The normalized spacial score (nSPS) is 19.1. The van der Waals surface area contributed by atoms with Crippen molar-refractivity contribution >= 4 is 49.3 Å². The second kappa shape index (κ2) is 8.92. The average Bonchev–Trinajstić information content (AvgIpc) is 3.16. The highest BCUT2D eigenvalue weighted by molar-refractivity contribution is 7.98. The predicted molar refractivity (Wildman–Crippen MR) is 136 cm³/mol. The van der Waals surface area contributed by atoms with E-state index in [1.807, 2.05) is 6.26 Å². The van der Waals surface area contributed by atoms with Gasteiger partial charge in [0.15, 0.2) is 11.0 Å². The standard InChI is InChI=1S/C24H33N5O2S2/c1-14(2)18-16-13-31-24(3,4)12-15(16)17-19-20(33-22(17)25-18)21(27-23(26-19)32-5)29-8-6-28(7-9-29)10-11-30/h14,30H,6-13H2,1-5H3/p+1. The monoisotopic (exact) mass is 488 g/mol. The molecule has 1 fully saturated rings. The van der Waals surface area contributed by atoms with Gasteiger partial charge < -0.3 is 19.6 Å². The number of hydrogen-bond donors (Lipinski definition) is 2. The largest absolute Gasteiger partial charge is 0.391 e. The number of anilines is 1. The van der Waals surface area contributed by atoms with Crippen molar-refractivity contribution in [3.05, 3.63) is 16.8 Å². The molecule has 0 saturated carbocycles. The minimum absolute atomic E-state index is 0.201. The molecule has 7 nitrogen and oxygen atoms in total. The van der Waals surface area contributed by atoms with Gasteiger partial charge in [-0.1, -0.05) is 25.6 Å². The topological polar surface area (TPSA) is 75.8 Å². The van der Waals surface area contributed by atoms with Crippen LogP contribution in [0.5, 0.6) is 0 Å². The van der Waals surface area contributed by atoms with Gasteiger partial charge >= 0.3 is 0 Å². The lowest BCUT2D eigenvalue weighted by Crippen LogP contribution is -3.15. The number of nitrogens with one attached hydrogen (secondary N) is 1. The minimum atomic E-state index is -0.201. The summed E-state index contributed by atoms with van der Waals surface area (Å²) in [6.07, 6.45) is 2.91. The average molecular weight is 489 g/mol. The van der Waals surface area contributed by atoms with Crippen LogP contribution in [0.2, 0.25) is 0 Å². The molecule has 1 saturated heterocycles. The van der Waals surface area contributed by atoms with E-state index in [0.717, 1.165) is 70.9 Å². The maximum absolute atomic E-state index is 9.31. The van der Waals surface area contributed by atoms with Crippen LogP contribution in [-0.2, 0) is 17.8 Å². The van der Waals surface area contributed by atoms with Crippen LogP contribution >= 0.6 is 23.1 Å². The molecule has 3 aromatic rings. The van der Waals surface area contributed by atoms with Crippen molar-refractivity contribution in [1.82, 2.24) is 15.0 Å². The van der Waals surface area contributed by atoms with E-state index in [0.29, 0.717) is 12.5 Å². The Hall–Kier alpha value is -1.52. The molecule has 2 N–H and O–H groups in total. The summed E-state index contributed by atoms with van der Waals surface area (Å²) in [5, 5.41) is 11.3. The molecule has 33 heavy (non-hydrogen) atoms. The number of ether oxygens (including phenoxy) is 1. The first kappa shape index (κ1) is 23.2. The third kappa shape index (κ3) is 4.23. The zero-order valence-corrected chi connectivity index (χ0v) is 21.8. The highest BCUT2D eigenvalue weighted by atomic mass is 32.2. The molecule has 5 heterocycles. The first-order valence-corrected chi connectivity index (χ1v) is 13.9. The van der Waals surface area contributed by atoms with E-state index in [1.54, 1.807) is 23.1 Å². The fraction of sp³-hybridized carbons (Fsp3) is 0.625. The second-order valence-electron chi connectivity index (χ2n) is 10.0. The van der Waals surface area contributed by atoms with Crippen molar-refractivity contribution in [3.63, 3.8) is 0 Å². The van der Waals surface area contributed by atoms with Crippen LogP contribution in [0, 0.1) is 0 Å². The van der Waals surface area contributed by atoms with Gasteiger partial charge in [-0.15, -0.1) is 11.3 Å². The molecule has 0 atom stereocenters. The predicted octanol–water partition coefficient (Wildman–Crippen LogP) is 2.63. The Balaban J connectivity index is 1.70. The van der Waals surface area contributed by atoms with Gasteiger partial charge in [-0.25, -0.2) is 15.0 Å². The van der Waals surface area contributed by atoms with Crippen LogP contribution in [0.4, 0.5) is 5.82 Å². The molecule has 0 aromatic carbocycles. The van der Waals surface area contributed by atoms with E-state index in [4.69, 9.17) is 19.7 Å². The Morgan fingerprint density at radius 2 is 1.94 bits per heavy atom. The molecule has 0 bridgehead atoms. The van der Waals surface area contributed by atoms with Gasteiger partial charge in [0.05, 0.1) is 60.9 Å². The van der Waals surface area contributed by atoms with Gasteiger partial charge in [0.25, 0.3) is 0 Å². The highest BCUT2D eigenvalue weighted by Crippen LogP contribution is 2.44. The summed E-state index contributed by atoms with van der Waals surface area (Å²) in [7, 11) is 0. The number of quaternary nitrogens is 1. The first-order valence-electron chi connectivity index (χ1n) is 11.8. The fourth-order valence-corrected chi connectivity index (χ4v) is 6.62. The van der Waals surface area contributed by atoms with Gasteiger partial charge in [0.2, 0.25) is 0 Å². The van der Waals surface area contributed by atoms with E-state index < -0.39 is 0 Å². The summed E-state index contributed by atoms with van der Waals surface area (Å²) < 4.78 is 7.36. The van der Waals surface area contributed by atoms with Crippen molar-refractivity contribution in [2.24, 2.45) is 0 Å². The molecule has 5 rings (SSSR count). The molecule has 0 spiro atoms.